The molecule has 0 saturated carbocycles. The molecule has 0 aromatic carbocycles. The van der Waals surface area contributed by atoms with Crippen molar-refractivity contribution in [3.63, 3.8) is 0 Å². The van der Waals surface area contributed by atoms with E-state index in [1.807, 2.05) is 13.8 Å². The van der Waals surface area contributed by atoms with Gasteiger partial charge in [-0.05, 0) is 33.2 Å². The number of rotatable bonds is 6. The third-order valence-corrected chi connectivity index (χ3v) is 2.01. The van der Waals surface area contributed by atoms with Gasteiger partial charge in [0.15, 0.2) is 0 Å². The Hall–Kier alpha value is -0.120. The molecule has 0 radical (unpaired) electrons. The van der Waals surface area contributed by atoms with E-state index in [0.29, 0.717) is 6.54 Å². The summed E-state index contributed by atoms with van der Waals surface area (Å²) in [4.78, 5) is 0. The summed E-state index contributed by atoms with van der Waals surface area (Å²) >= 11 is 0. The van der Waals surface area contributed by atoms with E-state index in [4.69, 9.17) is 5.11 Å². The molecular weight excluding hydrogens is 154 g/mol. The molecule has 0 amide bonds. The van der Waals surface area contributed by atoms with E-state index in [0.717, 1.165) is 19.4 Å². The summed E-state index contributed by atoms with van der Waals surface area (Å²) in [6.45, 7) is 6.88. The maximum absolute atomic E-state index is 9.56. The van der Waals surface area contributed by atoms with Crippen LogP contribution in [0.4, 0.5) is 0 Å². The standard InChI is InChI=1S/C9H21NO2/c1-4-9(3,12)7-10-6-5-8(2)11/h8,10-12H,4-7H2,1-3H3. The Balaban J connectivity index is 3.31. The van der Waals surface area contributed by atoms with Crippen molar-refractivity contribution in [1.29, 1.82) is 0 Å². The molecule has 3 N–H and O–H groups in total. The summed E-state index contributed by atoms with van der Waals surface area (Å²) in [5, 5.41) is 21.6. The SMILES string of the molecule is CCC(C)(O)CNCCC(C)O. The van der Waals surface area contributed by atoms with Gasteiger partial charge in [-0.15, -0.1) is 0 Å². The van der Waals surface area contributed by atoms with Crippen molar-refractivity contribution in [1.82, 2.24) is 5.32 Å². The second kappa shape index (κ2) is 5.51. The van der Waals surface area contributed by atoms with Gasteiger partial charge in [0.25, 0.3) is 0 Å². The minimum Gasteiger partial charge on any atom is -0.393 e. The van der Waals surface area contributed by atoms with E-state index >= 15 is 0 Å². The molecule has 0 aliphatic carbocycles. The van der Waals surface area contributed by atoms with Gasteiger partial charge in [0.2, 0.25) is 0 Å². The fraction of sp³-hybridized carbons (Fsp3) is 1.00. The van der Waals surface area contributed by atoms with Crippen LogP contribution in [0, 0.1) is 0 Å². The fourth-order valence-electron chi connectivity index (χ4n) is 0.794. The van der Waals surface area contributed by atoms with Crippen LogP contribution in [0.25, 0.3) is 0 Å². The predicted octanol–water partition coefficient (Wildman–Crippen LogP) is 0.508. The number of hydrogen-bond acceptors (Lipinski definition) is 3. The average molecular weight is 175 g/mol. The van der Waals surface area contributed by atoms with Crippen molar-refractivity contribution >= 4 is 0 Å². The van der Waals surface area contributed by atoms with E-state index in [1.165, 1.54) is 0 Å². The van der Waals surface area contributed by atoms with Crippen LogP contribution >= 0.6 is 0 Å². The van der Waals surface area contributed by atoms with Crippen LogP contribution in [-0.4, -0.2) is 35.0 Å². The normalized spacial score (nSPS) is 18.8. The van der Waals surface area contributed by atoms with Crippen molar-refractivity contribution in [3.05, 3.63) is 0 Å². The van der Waals surface area contributed by atoms with Gasteiger partial charge in [-0.25, -0.2) is 0 Å². The van der Waals surface area contributed by atoms with Gasteiger partial charge in [0.1, 0.15) is 0 Å². The van der Waals surface area contributed by atoms with Crippen LogP contribution in [-0.2, 0) is 0 Å². The van der Waals surface area contributed by atoms with Gasteiger partial charge < -0.3 is 15.5 Å². The van der Waals surface area contributed by atoms with Crippen LogP contribution in [0.5, 0.6) is 0 Å². The smallest absolute Gasteiger partial charge is 0.0740 e. The Morgan fingerprint density at radius 2 is 2.08 bits per heavy atom. The minimum absolute atomic E-state index is 0.260. The summed E-state index contributed by atoms with van der Waals surface area (Å²) < 4.78 is 0. The molecule has 3 nitrogen and oxygen atoms in total. The molecule has 0 aromatic heterocycles. The van der Waals surface area contributed by atoms with Crippen LogP contribution < -0.4 is 5.32 Å². The summed E-state index contributed by atoms with van der Waals surface area (Å²) in [5.41, 5.74) is -0.612. The highest BCUT2D eigenvalue weighted by molar-refractivity contribution is 4.72. The van der Waals surface area contributed by atoms with E-state index in [-0.39, 0.29) is 6.10 Å². The molecule has 0 aliphatic rings. The monoisotopic (exact) mass is 175 g/mol. The van der Waals surface area contributed by atoms with E-state index in [1.54, 1.807) is 6.92 Å². The zero-order valence-electron chi connectivity index (χ0n) is 8.30. The molecule has 0 spiro atoms. The highest BCUT2D eigenvalue weighted by Crippen LogP contribution is 2.05. The van der Waals surface area contributed by atoms with Crippen LogP contribution in [0.3, 0.4) is 0 Å². The molecule has 3 heteroatoms. The molecule has 0 heterocycles. The molecule has 0 aliphatic heterocycles. The zero-order valence-corrected chi connectivity index (χ0v) is 8.30. The molecule has 0 aromatic rings. The van der Waals surface area contributed by atoms with Crippen molar-refractivity contribution in [3.8, 4) is 0 Å². The minimum atomic E-state index is -0.612. The highest BCUT2D eigenvalue weighted by Gasteiger charge is 2.15. The molecular formula is C9H21NO2. The molecule has 0 rings (SSSR count). The second-order valence-corrected chi connectivity index (χ2v) is 3.66. The van der Waals surface area contributed by atoms with Crippen molar-refractivity contribution < 1.29 is 10.2 Å². The first-order valence-corrected chi connectivity index (χ1v) is 4.59. The fourth-order valence-corrected chi connectivity index (χ4v) is 0.794. The molecule has 0 saturated heterocycles. The number of aliphatic hydroxyl groups excluding tert-OH is 1. The molecule has 74 valence electrons. The largest absolute Gasteiger partial charge is 0.393 e. The molecule has 0 fully saturated rings. The Kier molecular flexibility index (Phi) is 5.46. The topological polar surface area (TPSA) is 52.5 Å². The Bertz CT molecular complexity index is 113. The maximum atomic E-state index is 9.56. The number of aliphatic hydroxyl groups is 2. The van der Waals surface area contributed by atoms with Gasteiger partial charge in [0, 0.05) is 6.54 Å². The van der Waals surface area contributed by atoms with Crippen LogP contribution in [0.15, 0.2) is 0 Å². The summed E-state index contributed by atoms with van der Waals surface area (Å²) in [6.07, 6.45) is 1.22. The van der Waals surface area contributed by atoms with Crippen molar-refractivity contribution in [2.75, 3.05) is 13.1 Å². The number of hydrogen-bond donors (Lipinski definition) is 3. The lowest BCUT2D eigenvalue weighted by molar-refractivity contribution is 0.0548. The van der Waals surface area contributed by atoms with E-state index in [9.17, 15) is 5.11 Å². The first-order valence-electron chi connectivity index (χ1n) is 4.59. The van der Waals surface area contributed by atoms with Gasteiger partial charge in [-0.1, -0.05) is 6.92 Å². The lowest BCUT2D eigenvalue weighted by atomic mass is 10.0. The lowest BCUT2D eigenvalue weighted by Gasteiger charge is -2.21. The van der Waals surface area contributed by atoms with Gasteiger partial charge in [-0.3, -0.25) is 0 Å². The second-order valence-electron chi connectivity index (χ2n) is 3.66. The average Bonchev–Trinajstić information content (AvgIpc) is 1.98. The van der Waals surface area contributed by atoms with Gasteiger partial charge in [0.05, 0.1) is 11.7 Å². The predicted molar refractivity (Wildman–Crippen MR) is 50.1 cm³/mol. The van der Waals surface area contributed by atoms with Crippen molar-refractivity contribution in [2.45, 2.75) is 45.3 Å². The summed E-state index contributed by atoms with van der Waals surface area (Å²) in [7, 11) is 0. The third kappa shape index (κ3) is 6.58. The quantitative estimate of drug-likeness (QED) is 0.515. The first-order chi connectivity index (χ1) is 5.48. The Labute approximate surface area is 74.8 Å². The highest BCUT2D eigenvalue weighted by atomic mass is 16.3. The molecule has 2 unspecified atom stereocenters. The molecule has 0 bridgehead atoms. The van der Waals surface area contributed by atoms with E-state index < -0.39 is 5.60 Å². The van der Waals surface area contributed by atoms with Gasteiger partial charge >= 0.3 is 0 Å². The third-order valence-electron chi connectivity index (χ3n) is 2.01. The Morgan fingerprint density at radius 3 is 2.50 bits per heavy atom. The van der Waals surface area contributed by atoms with Gasteiger partial charge in [-0.2, -0.15) is 0 Å². The van der Waals surface area contributed by atoms with E-state index in [2.05, 4.69) is 5.32 Å². The first kappa shape index (κ1) is 11.9. The maximum Gasteiger partial charge on any atom is 0.0740 e. The Morgan fingerprint density at radius 1 is 1.50 bits per heavy atom. The molecule has 12 heavy (non-hydrogen) atoms. The van der Waals surface area contributed by atoms with Crippen molar-refractivity contribution in [2.24, 2.45) is 0 Å². The summed E-state index contributed by atoms with van der Waals surface area (Å²) in [5.74, 6) is 0. The zero-order chi connectivity index (χ0) is 9.61. The van der Waals surface area contributed by atoms with Crippen LogP contribution in [0.1, 0.15) is 33.6 Å². The molecule has 2 atom stereocenters. The lowest BCUT2D eigenvalue weighted by Crippen LogP contribution is -2.38. The van der Waals surface area contributed by atoms with Crippen LogP contribution in [0.2, 0.25) is 0 Å². The number of nitrogens with one attached hydrogen (secondary N) is 1. The summed E-state index contributed by atoms with van der Waals surface area (Å²) in [6, 6.07) is 0.